The van der Waals surface area contributed by atoms with Gasteiger partial charge < -0.3 is 15.5 Å². The summed E-state index contributed by atoms with van der Waals surface area (Å²) in [6, 6.07) is 0.0240. The first-order chi connectivity index (χ1) is 9.61. The molecule has 1 fully saturated rings. The predicted molar refractivity (Wildman–Crippen MR) is 77.2 cm³/mol. The van der Waals surface area contributed by atoms with Gasteiger partial charge in [-0.05, 0) is 25.2 Å². The lowest BCUT2D eigenvalue weighted by atomic mass is 9.86. The second-order valence-electron chi connectivity index (χ2n) is 5.81. The monoisotopic (exact) mass is 279 g/mol. The van der Waals surface area contributed by atoms with E-state index in [0.717, 1.165) is 19.3 Å². The van der Waals surface area contributed by atoms with Crippen LogP contribution >= 0.6 is 0 Å². The number of amides is 1. The van der Waals surface area contributed by atoms with Crippen LogP contribution in [0.4, 0.5) is 0 Å². The zero-order chi connectivity index (χ0) is 14.5. The van der Waals surface area contributed by atoms with Crippen LogP contribution in [0.5, 0.6) is 0 Å². The Balaban J connectivity index is 1.95. The van der Waals surface area contributed by atoms with Crippen LogP contribution in [0.1, 0.15) is 74.8 Å². The van der Waals surface area contributed by atoms with E-state index in [-0.39, 0.29) is 18.0 Å². The zero-order valence-corrected chi connectivity index (χ0v) is 12.4. The number of rotatable bonds is 5. The summed E-state index contributed by atoms with van der Waals surface area (Å²) < 4.78 is 5.32. The molecule has 0 radical (unpaired) electrons. The first-order valence-electron chi connectivity index (χ1n) is 7.63. The molecule has 1 amide bonds. The molecule has 1 heterocycles. The number of nitrogens with two attached hydrogens (primary N) is 1. The lowest BCUT2D eigenvalue weighted by Gasteiger charge is -2.29. The van der Waals surface area contributed by atoms with Gasteiger partial charge in [-0.3, -0.25) is 4.79 Å². The smallest absolute Gasteiger partial charge is 0.273 e. The van der Waals surface area contributed by atoms with Gasteiger partial charge in [-0.2, -0.15) is 0 Å². The molecule has 5 heteroatoms. The van der Waals surface area contributed by atoms with Crippen molar-refractivity contribution in [2.75, 3.05) is 0 Å². The van der Waals surface area contributed by atoms with Gasteiger partial charge in [-0.15, -0.1) is 0 Å². The molecule has 0 aromatic carbocycles. The predicted octanol–water partition coefficient (Wildman–Crippen LogP) is 2.78. The van der Waals surface area contributed by atoms with Gasteiger partial charge in [-0.25, -0.2) is 4.98 Å². The van der Waals surface area contributed by atoms with Crippen LogP contribution in [0.25, 0.3) is 0 Å². The summed E-state index contributed by atoms with van der Waals surface area (Å²) in [7, 11) is 0. The summed E-state index contributed by atoms with van der Waals surface area (Å²) in [5.74, 6) is 0.831. The molecule has 3 unspecified atom stereocenters. The van der Waals surface area contributed by atoms with Crippen molar-refractivity contribution in [2.24, 2.45) is 11.7 Å². The summed E-state index contributed by atoms with van der Waals surface area (Å²) in [4.78, 5) is 16.4. The van der Waals surface area contributed by atoms with Crippen molar-refractivity contribution in [3.63, 3.8) is 0 Å². The van der Waals surface area contributed by atoms with Gasteiger partial charge in [0.05, 0.1) is 6.04 Å². The Morgan fingerprint density at radius 1 is 1.55 bits per heavy atom. The first kappa shape index (κ1) is 15.0. The maximum Gasteiger partial charge on any atom is 0.273 e. The molecule has 0 spiro atoms. The maximum atomic E-state index is 12.2. The fourth-order valence-electron chi connectivity index (χ4n) is 2.77. The number of aromatic nitrogens is 1. The van der Waals surface area contributed by atoms with Crippen LogP contribution < -0.4 is 11.1 Å². The minimum absolute atomic E-state index is 0.151. The van der Waals surface area contributed by atoms with Gasteiger partial charge in [0.1, 0.15) is 6.26 Å². The Hall–Kier alpha value is -1.36. The molecular formula is C15H25N3O2. The molecule has 20 heavy (non-hydrogen) atoms. The molecule has 1 aliphatic carbocycles. The van der Waals surface area contributed by atoms with Crippen LogP contribution in [0, 0.1) is 5.92 Å². The fourth-order valence-corrected chi connectivity index (χ4v) is 2.77. The molecule has 1 aliphatic rings. The summed E-state index contributed by atoms with van der Waals surface area (Å²) in [5, 5.41) is 3.07. The molecule has 112 valence electrons. The average Bonchev–Trinajstić information content (AvgIpc) is 2.91. The van der Waals surface area contributed by atoms with Crippen LogP contribution in [-0.2, 0) is 0 Å². The normalized spacial score (nSPS) is 24.4. The Kier molecular flexibility index (Phi) is 5.17. The standard InChI is InChI=1S/C15H25N3O2/c1-3-6-11(16)15-18-13(9-20-15)14(19)17-12-8-5-4-7-10(12)2/h9-12H,3-8,16H2,1-2H3,(H,17,19). The van der Waals surface area contributed by atoms with Gasteiger partial charge in [0, 0.05) is 6.04 Å². The highest BCUT2D eigenvalue weighted by molar-refractivity contribution is 5.92. The van der Waals surface area contributed by atoms with Gasteiger partial charge in [0.25, 0.3) is 5.91 Å². The molecule has 0 bridgehead atoms. The topological polar surface area (TPSA) is 81.1 Å². The third-order valence-corrected chi connectivity index (χ3v) is 4.10. The van der Waals surface area contributed by atoms with E-state index in [1.54, 1.807) is 0 Å². The summed E-state index contributed by atoms with van der Waals surface area (Å²) in [5.41, 5.74) is 6.27. The van der Waals surface area contributed by atoms with Crippen LogP contribution in [0.15, 0.2) is 10.7 Å². The van der Waals surface area contributed by atoms with Crippen LogP contribution in [0.3, 0.4) is 0 Å². The molecular weight excluding hydrogens is 254 g/mol. The Bertz CT molecular complexity index is 444. The highest BCUT2D eigenvalue weighted by Gasteiger charge is 2.24. The number of hydrogen-bond acceptors (Lipinski definition) is 4. The molecule has 0 aliphatic heterocycles. The number of carbonyl (C=O) groups is 1. The molecule has 3 atom stereocenters. The SMILES string of the molecule is CCCC(N)c1nc(C(=O)NC2CCCCC2C)co1. The summed E-state index contributed by atoms with van der Waals surface area (Å²) >= 11 is 0. The van der Waals surface area contributed by atoms with Crippen molar-refractivity contribution in [2.45, 2.75) is 64.5 Å². The van der Waals surface area contributed by atoms with Gasteiger partial charge in [0.15, 0.2) is 5.69 Å². The van der Waals surface area contributed by atoms with E-state index in [4.69, 9.17) is 10.2 Å². The van der Waals surface area contributed by atoms with Crippen molar-refractivity contribution in [3.8, 4) is 0 Å². The molecule has 0 saturated heterocycles. The number of nitrogens with one attached hydrogen (secondary N) is 1. The van der Waals surface area contributed by atoms with E-state index in [9.17, 15) is 4.79 Å². The number of carbonyl (C=O) groups excluding carboxylic acids is 1. The largest absolute Gasteiger partial charge is 0.446 e. The minimum Gasteiger partial charge on any atom is -0.446 e. The molecule has 1 aromatic heterocycles. The van der Waals surface area contributed by atoms with Gasteiger partial charge in [0.2, 0.25) is 5.89 Å². The third kappa shape index (κ3) is 3.60. The number of hydrogen-bond donors (Lipinski definition) is 2. The molecule has 1 aromatic rings. The summed E-state index contributed by atoms with van der Waals surface area (Å²) in [6.07, 6.45) is 7.84. The first-order valence-corrected chi connectivity index (χ1v) is 7.63. The van der Waals surface area contributed by atoms with Crippen molar-refractivity contribution in [3.05, 3.63) is 17.8 Å². The quantitative estimate of drug-likeness (QED) is 0.868. The second-order valence-corrected chi connectivity index (χ2v) is 5.81. The lowest BCUT2D eigenvalue weighted by molar-refractivity contribution is 0.0905. The van der Waals surface area contributed by atoms with Crippen molar-refractivity contribution in [1.82, 2.24) is 10.3 Å². The number of nitrogens with zero attached hydrogens (tertiary/aromatic N) is 1. The van der Waals surface area contributed by atoms with Gasteiger partial charge in [-0.1, -0.05) is 33.1 Å². The maximum absolute atomic E-state index is 12.2. The molecule has 2 rings (SSSR count). The van der Waals surface area contributed by atoms with E-state index in [0.29, 0.717) is 17.5 Å². The van der Waals surface area contributed by atoms with E-state index >= 15 is 0 Å². The number of oxazole rings is 1. The average molecular weight is 279 g/mol. The lowest BCUT2D eigenvalue weighted by Crippen LogP contribution is -2.41. The Morgan fingerprint density at radius 2 is 2.30 bits per heavy atom. The Morgan fingerprint density at radius 3 is 3.00 bits per heavy atom. The summed E-state index contributed by atoms with van der Waals surface area (Å²) in [6.45, 7) is 4.25. The molecule has 1 saturated carbocycles. The van der Waals surface area contributed by atoms with Gasteiger partial charge >= 0.3 is 0 Å². The van der Waals surface area contributed by atoms with Crippen molar-refractivity contribution >= 4 is 5.91 Å². The second kappa shape index (κ2) is 6.88. The van der Waals surface area contributed by atoms with E-state index in [1.165, 1.54) is 25.5 Å². The molecule has 5 nitrogen and oxygen atoms in total. The van der Waals surface area contributed by atoms with Crippen LogP contribution in [0.2, 0.25) is 0 Å². The van der Waals surface area contributed by atoms with E-state index in [2.05, 4.69) is 24.1 Å². The van der Waals surface area contributed by atoms with Crippen molar-refractivity contribution < 1.29 is 9.21 Å². The zero-order valence-electron chi connectivity index (χ0n) is 12.4. The van der Waals surface area contributed by atoms with E-state index in [1.807, 2.05) is 0 Å². The Labute approximate surface area is 120 Å². The molecule has 3 N–H and O–H groups in total. The highest BCUT2D eigenvalue weighted by Crippen LogP contribution is 2.24. The fraction of sp³-hybridized carbons (Fsp3) is 0.733. The van der Waals surface area contributed by atoms with E-state index < -0.39 is 0 Å². The third-order valence-electron chi connectivity index (χ3n) is 4.10. The minimum atomic E-state index is -0.227. The highest BCUT2D eigenvalue weighted by atomic mass is 16.3. The van der Waals surface area contributed by atoms with Crippen molar-refractivity contribution in [1.29, 1.82) is 0 Å². The van der Waals surface area contributed by atoms with Crippen LogP contribution in [-0.4, -0.2) is 16.9 Å².